The molecule has 0 fully saturated rings. The summed E-state index contributed by atoms with van der Waals surface area (Å²) >= 11 is 1.25. The van der Waals surface area contributed by atoms with E-state index in [9.17, 15) is 4.79 Å². The standard InChI is InChI=1S/C7H11N3OS/c1-4(2)12-7(11)5-3-9-10-6(5)8/h3-4H,1-2H3,(H3,8,9,10). The first-order valence-corrected chi connectivity index (χ1v) is 4.49. The van der Waals surface area contributed by atoms with Crippen molar-refractivity contribution in [2.24, 2.45) is 0 Å². The van der Waals surface area contributed by atoms with Crippen LogP contribution in [0.15, 0.2) is 6.20 Å². The number of nitrogens with one attached hydrogen (secondary N) is 1. The molecule has 3 N–H and O–H groups in total. The largest absolute Gasteiger partial charge is 0.383 e. The van der Waals surface area contributed by atoms with E-state index >= 15 is 0 Å². The predicted molar refractivity (Wildman–Crippen MR) is 50.1 cm³/mol. The summed E-state index contributed by atoms with van der Waals surface area (Å²) in [5.41, 5.74) is 5.93. The Labute approximate surface area is 74.9 Å². The molecule has 0 aromatic carbocycles. The second kappa shape index (κ2) is 3.62. The van der Waals surface area contributed by atoms with Crippen LogP contribution in [-0.2, 0) is 0 Å². The first kappa shape index (κ1) is 9.12. The predicted octanol–water partition coefficient (Wildman–Crippen LogP) is 1.27. The van der Waals surface area contributed by atoms with Crippen LogP contribution < -0.4 is 5.73 Å². The van der Waals surface area contributed by atoms with Gasteiger partial charge in [0.2, 0.25) is 5.12 Å². The fourth-order valence-electron chi connectivity index (χ4n) is 0.736. The lowest BCUT2D eigenvalue weighted by atomic mass is 10.4. The van der Waals surface area contributed by atoms with Gasteiger partial charge in [-0.3, -0.25) is 9.89 Å². The van der Waals surface area contributed by atoms with Crippen molar-refractivity contribution in [2.45, 2.75) is 19.1 Å². The summed E-state index contributed by atoms with van der Waals surface area (Å²) in [5.74, 6) is 0.341. The van der Waals surface area contributed by atoms with E-state index in [1.54, 1.807) is 0 Å². The SMILES string of the molecule is CC(C)SC(=O)c1cn[nH]c1N. The molecule has 0 unspecified atom stereocenters. The number of hydrogen-bond donors (Lipinski definition) is 2. The van der Waals surface area contributed by atoms with Crippen molar-refractivity contribution >= 4 is 22.7 Å². The lowest BCUT2D eigenvalue weighted by Crippen LogP contribution is -2.01. The first-order chi connectivity index (χ1) is 5.61. The van der Waals surface area contributed by atoms with E-state index in [0.29, 0.717) is 11.4 Å². The van der Waals surface area contributed by atoms with Crippen molar-refractivity contribution in [3.05, 3.63) is 11.8 Å². The molecule has 0 radical (unpaired) electrons. The molecule has 0 amide bonds. The normalized spacial score (nSPS) is 10.6. The van der Waals surface area contributed by atoms with Crippen molar-refractivity contribution < 1.29 is 4.79 Å². The van der Waals surface area contributed by atoms with Crippen LogP contribution in [0.1, 0.15) is 24.2 Å². The van der Waals surface area contributed by atoms with E-state index in [1.165, 1.54) is 18.0 Å². The van der Waals surface area contributed by atoms with Gasteiger partial charge < -0.3 is 5.73 Å². The van der Waals surface area contributed by atoms with Gasteiger partial charge in [-0.25, -0.2) is 0 Å². The van der Waals surface area contributed by atoms with Crippen molar-refractivity contribution in [3.63, 3.8) is 0 Å². The molecule has 1 aromatic heterocycles. The first-order valence-electron chi connectivity index (χ1n) is 3.61. The molecule has 0 spiro atoms. The molecule has 0 saturated heterocycles. The van der Waals surface area contributed by atoms with Crippen LogP contribution in [0.5, 0.6) is 0 Å². The summed E-state index contributed by atoms with van der Waals surface area (Å²) in [4.78, 5) is 11.4. The minimum atomic E-state index is -0.0312. The van der Waals surface area contributed by atoms with Gasteiger partial charge in [0.25, 0.3) is 0 Å². The molecule has 0 aliphatic carbocycles. The zero-order valence-corrected chi connectivity index (χ0v) is 7.81. The van der Waals surface area contributed by atoms with Gasteiger partial charge in [0.15, 0.2) is 0 Å². The van der Waals surface area contributed by atoms with Gasteiger partial charge in [-0.1, -0.05) is 25.6 Å². The molecule has 12 heavy (non-hydrogen) atoms. The molecule has 1 rings (SSSR count). The third-order valence-corrected chi connectivity index (χ3v) is 2.14. The minimum absolute atomic E-state index is 0.0312. The molecule has 0 aliphatic heterocycles. The third-order valence-electron chi connectivity index (χ3n) is 1.23. The third kappa shape index (κ3) is 2.01. The number of aromatic amines is 1. The average Bonchev–Trinajstić information content (AvgIpc) is 2.33. The molecule has 0 bridgehead atoms. The fourth-order valence-corrected chi connectivity index (χ4v) is 1.45. The van der Waals surface area contributed by atoms with Crippen LogP contribution >= 0.6 is 11.8 Å². The summed E-state index contributed by atoms with van der Waals surface area (Å²) in [7, 11) is 0. The molecule has 0 aliphatic rings. The van der Waals surface area contributed by atoms with Crippen molar-refractivity contribution in [3.8, 4) is 0 Å². The number of anilines is 1. The molecule has 66 valence electrons. The summed E-state index contributed by atoms with van der Waals surface area (Å²) in [6.07, 6.45) is 1.45. The Morgan fingerprint density at radius 2 is 2.42 bits per heavy atom. The van der Waals surface area contributed by atoms with Gasteiger partial charge >= 0.3 is 0 Å². The van der Waals surface area contributed by atoms with Crippen LogP contribution in [0.2, 0.25) is 0 Å². The Bertz CT molecular complexity index is 282. The van der Waals surface area contributed by atoms with Crippen LogP contribution in [0, 0.1) is 0 Å². The van der Waals surface area contributed by atoms with Crippen LogP contribution in [0.3, 0.4) is 0 Å². The molecular weight excluding hydrogens is 174 g/mol. The van der Waals surface area contributed by atoms with E-state index in [4.69, 9.17) is 5.73 Å². The van der Waals surface area contributed by atoms with Gasteiger partial charge in [-0.15, -0.1) is 0 Å². The Morgan fingerprint density at radius 3 is 2.83 bits per heavy atom. The molecule has 1 aromatic rings. The second-order valence-corrected chi connectivity index (χ2v) is 4.20. The van der Waals surface area contributed by atoms with E-state index < -0.39 is 0 Å². The molecule has 4 nitrogen and oxygen atoms in total. The Morgan fingerprint density at radius 1 is 1.75 bits per heavy atom. The maximum Gasteiger partial charge on any atom is 0.224 e. The second-order valence-electron chi connectivity index (χ2n) is 2.65. The number of rotatable bonds is 2. The zero-order chi connectivity index (χ0) is 9.14. The Kier molecular flexibility index (Phi) is 2.75. The summed E-state index contributed by atoms with van der Waals surface area (Å²) in [6, 6.07) is 0. The Hall–Kier alpha value is -0.970. The summed E-state index contributed by atoms with van der Waals surface area (Å²) in [5, 5.41) is 6.42. The maximum absolute atomic E-state index is 11.4. The molecule has 0 atom stereocenters. The van der Waals surface area contributed by atoms with Gasteiger partial charge in [0.1, 0.15) is 5.82 Å². The number of hydrogen-bond acceptors (Lipinski definition) is 4. The van der Waals surface area contributed by atoms with E-state index in [1.807, 2.05) is 13.8 Å². The van der Waals surface area contributed by atoms with Crippen LogP contribution in [-0.4, -0.2) is 20.6 Å². The maximum atomic E-state index is 11.4. The van der Waals surface area contributed by atoms with Gasteiger partial charge in [0.05, 0.1) is 11.8 Å². The van der Waals surface area contributed by atoms with Crippen molar-refractivity contribution in [2.75, 3.05) is 5.73 Å². The fraction of sp³-hybridized carbons (Fsp3) is 0.429. The highest BCUT2D eigenvalue weighted by Crippen LogP contribution is 2.19. The van der Waals surface area contributed by atoms with Crippen molar-refractivity contribution in [1.29, 1.82) is 0 Å². The number of H-pyrrole nitrogens is 1. The molecule has 1 heterocycles. The van der Waals surface area contributed by atoms with Gasteiger partial charge in [0, 0.05) is 5.25 Å². The van der Waals surface area contributed by atoms with E-state index in [-0.39, 0.29) is 10.4 Å². The number of carbonyl (C=O) groups is 1. The molecular formula is C7H11N3OS. The zero-order valence-electron chi connectivity index (χ0n) is 7.00. The number of nitrogens with zero attached hydrogens (tertiary/aromatic N) is 1. The highest BCUT2D eigenvalue weighted by Gasteiger charge is 2.13. The average molecular weight is 185 g/mol. The van der Waals surface area contributed by atoms with E-state index in [0.717, 1.165) is 0 Å². The van der Waals surface area contributed by atoms with Crippen LogP contribution in [0.4, 0.5) is 5.82 Å². The topological polar surface area (TPSA) is 71.8 Å². The monoisotopic (exact) mass is 185 g/mol. The lowest BCUT2D eigenvalue weighted by molar-refractivity contribution is 0.108. The number of aromatic nitrogens is 2. The summed E-state index contributed by atoms with van der Waals surface area (Å²) in [6.45, 7) is 3.91. The molecule has 0 saturated carbocycles. The highest BCUT2D eigenvalue weighted by molar-refractivity contribution is 8.14. The van der Waals surface area contributed by atoms with Gasteiger partial charge in [-0.2, -0.15) is 5.10 Å². The van der Waals surface area contributed by atoms with E-state index in [2.05, 4.69) is 10.2 Å². The number of carbonyl (C=O) groups excluding carboxylic acids is 1. The van der Waals surface area contributed by atoms with Crippen LogP contribution in [0.25, 0.3) is 0 Å². The number of thioether (sulfide) groups is 1. The van der Waals surface area contributed by atoms with Crippen molar-refractivity contribution in [1.82, 2.24) is 10.2 Å². The van der Waals surface area contributed by atoms with Gasteiger partial charge in [-0.05, 0) is 0 Å². The quantitative estimate of drug-likeness (QED) is 0.728. The number of nitrogens with two attached hydrogens (primary N) is 1. The smallest absolute Gasteiger partial charge is 0.224 e. The highest BCUT2D eigenvalue weighted by atomic mass is 32.2. The molecule has 5 heteroatoms. The Balaban J connectivity index is 2.72. The number of nitrogen functional groups attached to an aromatic ring is 1. The lowest BCUT2D eigenvalue weighted by Gasteiger charge is -2.00. The minimum Gasteiger partial charge on any atom is -0.383 e. The summed E-state index contributed by atoms with van der Waals surface area (Å²) < 4.78 is 0.